The van der Waals surface area contributed by atoms with Gasteiger partial charge in [-0.1, -0.05) is 13.3 Å². The minimum absolute atomic E-state index is 0.0556. The zero-order chi connectivity index (χ0) is 16.9. The molecule has 6 nitrogen and oxygen atoms in total. The molecule has 2 rings (SSSR count). The summed E-state index contributed by atoms with van der Waals surface area (Å²) >= 11 is 1.19. The second-order valence-corrected chi connectivity index (χ2v) is 8.88. The number of amides is 1. The minimum Gasteiger partial charge on any atom is -0.618 e. The number of hydrogen-bond acceptors (Lipinski definition) is 5. The van der Waals surface area contributed by atoms with E-state index in [-0.39, 0.29) is 29.2 Å². The molecule has 1 aromatic heterocycles. The molecule has 0 radical (unpaired) electrons. The number of rotatable bonds is 7. The first-order valence-electron chi connectivity index (χ1n) is 7.74. The summed E-state index contributed by atoms with van der Waals surface area (Å²) in [6.07, 6.45) is 3.69. The molecule has 1 aromatic rings. The molecular formula is C15H22N2O4S2. The number of thioether (sulfide) groups is 1. The van der Waals surface area contributed by atoms with E-state index in [2.05, 4.69) is 0 Å². The predicted octanol–water partition coefficient (Wildman–Crippen LogP) is 1.23. The van der Waals surface area contributed by atoms with Crippen LogP contribution in [-0.4, -0.2) is 49.1 Å². The average molecular weight is 358 g/mol. The summed E-state index contributed by atoms with van der Waals surface area (Å²) in [5.41, 5.74) is 0. The van der Waals surface area contributed by atoms with Gasteiger partial charge in [-0.15, -0.1) is 0 Å². The molecule has 1 aliphatic heterocycles. The van der Waals surface area contributed by atoms with E-state index in [1.165, 1.54) is 18.0 Å². The number of carbonyl (C=O) groups is 1. The predicted molar refractivity (Wildman–Crippen MR) is 89.8 cm³/mol. The summed E-state index contributed by atoms with van der Waals surface area (Å²) < 4.78 is 24.1. The van der Waals surface area contributed by atoms with Crippen LogP contribution in [0.15, 0.2) is 29.4 Å². The lowest BCUT2D eigenvalue weighted by atomic mass is 10.2. The number of nitrogens with zero attached hydrogens (tertiary/aromatic N) is 2. The van der Waals surface area contributed by atoms with Gasteiger partial charge in [-0.05, 0) is 30.7 Å². The molecule has 1 fully saturated rings. The van der Waals surface area contributed by atoms with Gasteiger partial charge in [0.15, 0.2) is 16.0 Å². The molecule has 23 heavy (non-hydrogen) atoms. The second kappa shape index (κ2) is 8.01. The van der Waals surface area contributed by atoms with Crippen molar-refractivity contribution in [3.05, 3.63) is 29.6 Å². The van der Waals surface area contributed by atoms with Crippen molar-refractivity contribution in [1.82, 2.24) is 4.90 Å². The molecule has 0 bridgehead atoms. The quantitative estimate of drug-likeness (QED) is 0.416. The van der Waals surface area contributed by atoms with Crippen molar-refractivity contribution in [3.63, 3.8) is 0 Å². The highest BCUT2D eigenvalue weighted by Crippen LogP contribution is 2.21. The Morgan fingerprint density at radius 1 is 1.48 bits per heavy atom. The Morgan fingerprint density at radius 2 is 2.26 bits per heavy atom. The monoisotopic (exact) mass is 358 g/mol. The summed E-state index contributed by atoms with van der Waals surface area (Å²) in [6.45, 7) is 2.61. The molecular weight excluding hydrogens is 336 g/mol. The molecule has 0 spiro atoms. The lowest BCUT2D eigenvalue weighted by molar-refractivity contribution is -0.645. The van der Waals surface area contributed by atoms with Crippen molar-refractivity contribution in [1.29, 1.82) is 0 Å². The molecule has 0 aromatic carbocycles. The van der Waals surface area contributed by atoms with E-state index in [4.69, 9.17) is 0 Å². The Balaban J connectivity index is 2.00. The Labute approximate surface area is 141 Å². The maximum absolute atomic E-state index is 12.5. The standard InChI is InChI=1S/C15H22N2O4S2/c1-2-3-8-16(13-7-10-23(20,21)12-13)14(18)11-22-15-6-4-5-9-17(15)19/h4-6,9,13H,2-3,7-8,10-12H2,1H3. The Kier molecular flexibility index (Phi) is 6.29. The first kappa shape index (κ1) is 18.1. The first-order valence-corrected chi connectivity index (χ1v) is 10.5. The van der Waals surface area contributed by atoms with Gasteiger partial charge in [-0.25, -0.2) is 8.42 Å². The van der Waals surface area contributed by atoms with E-state index in [0.29, 0.717) is 18.0 Å². The third kappa shape index (κ3) is 5.10. The Hall–Kier alpha value is -1.28. The fraction of sp³-hybridized carbons (Fsp3) is 0.600. The topological polar surface area (TPSA) is 81.4 Å². The molecule has 0 N–H and O–H groups in total. The highest BCUT2D eigenvalue weighted by molar-refractivity contribution is 7.99. The largest absolute Gasteiger partial charge is 0.618 e. The zero-order valence-electron chi connectivity index (χ0n) is 13.2. The zero-order valence-corrected chi connectivity index (χ0v) is 14.8. The van der Waals surface area contributed by atoms with Crippen molar-refractivity contribution in [2.45, 2.75) is 37.3 Å². The number of carbonyl (C=O) groups excluding carboxylic acids is 1. The van der Waals surface area contributed by atoms with Crippen molar-refractivity contribution in [2.75, 3.05) is 23.8 Å². The van der Waals surface area contributed by atoms with E-state index in [9.17, 15) is 18.4 Å². The van der Waals surface area contributed by atoms with Crippen LogP contribution in [0.5, 0.6) is 0 Å². The summed E-state index contributed by atoms with van der Waals surface area (Å²) in [6, 6.07) is 4.83. The molecule has 1 aliphatic rings. The van der Waals surface area contributed by atoms with Gasteiger partial charge in [0.05, 0.1) is 17.3 Å². The van der Waals surface area contributed by atoms with Gasteiger partial charge in [0.1, 0.15) is 0 Å². The molecule has 0 aliphatic carbocycles. The van der Waals surface area contributed by atoms with E-state index in [1.54, 1.807) is 23.1 Å². The van der Waals surface area contributed by atoms with Gasteiger partial charge in [0.2, 0.25) is 5.91 Å². The van der Waals surface area contributed by atoms with Gasteiger partial charge in [-0.2, -0.15) is 4.73 Å². The molecule has 2 heterocycles. The van der Waals surface area contributed by atoms with Gasteiger partial charge in [-0.3, -0.25) is 4.79 Å². The van der Waals surface area contributed by atoms with Gasteiger partial charge < -0.3 is 10.1 Å². The fourth-order valence-electron chi connectivity index (χ4n) is 2.60. The van der Waals surface area contributed by atoms with Crippen LogP contribution in [0.25, 0.3) is 0 Å². The summed E-state index contributed by atoms with van der Waals surface area (Å²) in [4.78, 5) is 14.2. The van der Waals surface area contributed by atoms with Gasteiger partial charge >= 0.3 is 0 Å². The average Bonchev–Trinajstić information content (AvgIpc) is 2.87. The third-order valence-electron chi connectivity index (χ3n) is 3.85. The number of aromatic nitrogens is 1. The van der Waals surface area contributed by atoms with Crippen molar-refractivity contribution in [2.24, 2.45) is 0 Å². The van der Waals surface area contributed by atoms with Crippen LogP contribution in [0.4, 0.5) is 0 Å². The van der Waals surface area contributed by atoms with E-state index in [0.717, 1.165) is 17.6 Å². The van der Waals surface area contributed by atoms with E-state index in [1.807, 2.05) is 6.92 Å². The van der Waals surface area contributed by atoms with Crippen LogP contribution in [0.2, 0.25) is 0 Å². The summed E-state index contributed by atoms with van der Waals surface area (Å²) in [5, 5.41) is 12.1. The molecule has 1 unspecified atom stereocenters. The summed E-state index contributed by atoms with van der Waals surface area (Å²) in [7, 11) is -3.03. The van der Waals surface area contributed by atoms with E-state index >= 15 is 0 Å². The maximum atomic E-state index is 12.5. The molecule has 1 saturated heterocycles. The lowest BCUT2D eigenvalue weighted by Crippen LogP contribution is -2.43. The molecule has 0 saturated carbocycles. The highest BCUT2D eigenvalue weighted by atomic mass is 32.2. The third-order valence-corrected chi connectivity index (χ3v) is 6.61. The van der Waals surface area contributed by atoms with Crippen LogP contribution in [0.3, 0.4) is 0 Å². The highest BCUT2D eigenvalue weighted by Gasteiger charge is 2.34. The van der Waals surface area contributed by atoms with Crippen LogP contribution in [-0.2, 0) is 14.6 Å². The number of sulfone groups is 1. The second-order valence-electron chi connectivity index (χ2n) is 5.65. The van der Waals surface area contributed by atoms with Crippen molar-refractivity contribution < 1.29 is 17.9 Å². The Morgan fingerprint density at radius 3 is 2.87 bits per heavy atom. The van der Waals surface area contributed by atoms with Crippen LogP contribution >= 0.6 is 11.8 Å². The number of pyridine rings is 1. The minimum atomic E-state index is -3.03. The number of hydrogen-bond donors (Lipinski definition) is 0. The van der Waals surface area contributed by atoms with E-state index < -0.39 is 9.84 Å². The normalized spacial score (nSPS) is 19.6. The SMILES string of the molecule is CCCCN(C(=O)CSc1cccc[n+]1[O-])C1CCS(=O)(=O)C1. The van der Waals surface area contributed by atoms with Gasteiger partial charge in [0, 0.05) is 24.7 Å². The molecule has 1 atom stereocenters. The molecule has 1 amide bonds. The molecule has 8 heteroatoms. The van der Waals surface area contributed by atoms with Crippen LogP contribution < -0.4 is 4.73 Å². The molecule has 128 valence electrons. The lowest BCUT2D eigenvalue weighted by Gasteiger charge is -2.28. The van der Waals surface area contributed by atoms with Gasteiger partial charge in [0.25, 0.3) is 5.03 Å². The van der Waals surface area contributed by atoms with Crippen LogP contribution in [0.1, 0.15) is 26.2 Å². The fourth-order valence-corrected chi connectivity index (χ4v) is 5.13. The summed E-state index contributed by atoms with van der Waals surface area (Å²) in [5.74, 6) is 0.251. The number of unbranched alkanes of at least 4 members (excludes halogenated alkanes) is 1. The smallest absolute Gasteiger partial charge is 0.251 e. The van der Waals surface area contributed by atoms with Crippen LogP contribution in [0, 0.1) is 5.21 Å². The first-order chi connectivity index (χ1) is 10.9. The Bertz CT molecular complexity index is 649. The van der Waals surface area contributed by atoms with Crippen molar-refractivity contribution in [3.8, 4) is 0 Å². The maximum Gasteiger partial charge on any atom is 0.251 e. The van der Waals surface area contributed by atoms with Crippen molar-refractivity contribution >= 4 is 27.5 Å².